The zero-order valence-electron chi connectivity index (χ0n) is 16.2. The van der Waals surface area contributed by atoms with Gasteiger partial charge in [0.25, 0.3) is 0 Å². The molecule has 3 atom stereocenters. The van der Waals surface area contributed by atoms with Crippen molar-refractivity contribution in [1.29, 1.82) is 0 Å². The maximum atomic E-state index is 13.7. The Bertz CT molecular complexity index is 764. The van der Waals surface area contributed by atoms with Crippen molar-refractivity contribution in [2.75, 3.05) is 44.2 Å². The molecule has 0 aromatic heterocycles. The first kappa shape index (κ1) is 19.5. The van der Waals surface area contributed by atoms with E-state index < -0.39 is 0 Å². The highest BCUT2D eigenvalue weighted by atomic mass is 32.2. The van der Waals surface area contributed by atoms with Gasteiger partial charge in [0, 0.05) is 43.6 Å². The fourth-order valence-electron chi connectivity index (χ4n) is 4.52. The van der Waals surface area contributed by atoms with Crippen LogP contribution in [0.5, 0.6) is 0 Å². The highest BCUT2D eigenvalue weighted by molar-refractivity contribution is 7.99. The molecular weight excluding hydrogens is 366 g/mol. The molecule has 148 valence electrons. The third kappa shape index (κ3) is 4.12. The summed E-state index contributed by atoms with van der Waals surface area (Å²) in [6.45, 7) is 4.05. The molecule has 2 heterocycles. The topological polar surface area (TPSA) is 49.6 Å². The molecule has 1 unspecified atom stereocenters. The molecule has 0 spiro atoms. The van der Waals surface area contributed by atoms with E-state index in [0.29, 0.717) is 18.4 Å². The number of likely N-dealkylation sites (tertiary alicyclic amines) is 1. The van der Waals surface area contributed by atoms with Crippen LogP contribution in [0.4, 0.5) is 0 Å². The van der Waals surface area contributed by atoms with E-state index in [1.165, 1.54) is 5.56 Å². The molecule has 1 amide bonds. The molecule has 28 heavy (non-hydrogen) atoms. The quantitative estimate of drug-likeness (QED) is 0.846. The molecule has 0 aliphatic carbocycles. The van der Waals surface area contributed by atoms with Crippen LogP contribution in [0.2, 0.25) is 0 Å². The molecule has 0 saturated carbocycles. The molecule has 4 nitrogen and oxygen atoms in total. The summed E-state index contributed by atoms with van der Waals surface area (Å²) in [6.07, 6.45) is 0. The van der Waals surface area contributed by atoms with E-state index in [4.69, 9.17) is 5.73 Å². The number of hydrogen-bond acceptors (Lipinski definition) is 4. The minimum absolute atomic E-state index is 0.185. The SMILES string of the molecule is NC[C@@H]1CN(C(=O)C(c2ccccc2)N2CCSCC2)C[C@H]1c1ccccc1. The van der Waals surface area contributed by atoms with E-state index in [9.17, 15) is 4.79 Å². The number of benzene rings is 2. The molecular formula is C23H29N3OS. The van der Waals surface area contributed by atoms with Crippen molar-refractivity contribution in [3.8, 4) is 0 Å². The lowest BCUT2D eigenvalue weighted by Gasteiger charge is -2.36. The van der Waals surface area contributed by atoms with E-state index in [1.807, 2.05) is 36.0 Å². The van der Waals surface area contributed by atoms with Crippen molar-refractivity contribution in [2.45, 2.75) is 12.0 Å². The van der Waals surface area contributed by atoms with Crippen molar-refractivity contribution < 1.29 is 4.79 Å². The smallest absolute Gasteiger partial charge is 0.244 e. The molecule has 2 saturated heterocycles. The summed E-state index contributed by atoms with van der Waals surface area (Å²) in [5.74, 6) is 3.06. The van der Waals surface area contributed by atoms with Crippen LogP contribution in [0, 0.1) is 5.92 Å². The first-order valence-corrected chi connectivity index (χ1v) is 11.3. The number of hydrogen-bond donors (Lipinski definition) is 1. The molecule has 2 fully saturated rings. The fourth-order valence-corrected chi connectivity index (χ4v) is 5.45. The number of nitrogens with zero attached hydrogens (tertiary/aromatic N) is 2. The normalized spacial score (nSPS) is 24.2. The van der Waals surface area contributed by atoms with E-state index in [1.54, 1.807) is 0 Å². The zero-order valence-corrected chi connectivity index (χ0v) is 17.1. The summed E-state index contributed by atoms with van der Waals surface area (Å²) in [5, 5.41) is 0. The summed E-state index contributed by atoms with van der Waals surface area (Å²) >= 11 is 1.97. The molecule has 0 bridgehead atoms. The van der Waals surface area contributed by atoms with Gasteiger partial charge in [0.15, 0.2) is 0 Å². The van der Waals surface area contributed by atoms with Crippen molar-refractivity contribution >= 4 is 17.7 Å². The predicted molar refractivity (Wildman–Crippen MR) is 116 cm³/mol. The Labute approximate surface area is 172 Å². The number of carbonyl (C=O) groups is 1. The molecule has 2 aliphatic heterocycles. The van der Waals surface area contributed by atoms with Crippen LogP contribution in [-0.2, 0) is 4.79 Å². The van der Waals surface area contributed by atoms with Crippen LogP contribution in [-0.4, -0.2) is 59.9 Å². The monoisotopic (exact) mass is 395 g/mol. The van der Waals surface area contributed by atoms with Gasteiger partial charge in [-0.1, -0.05) is 60.7 Å². The van der Waals surface area contributed by atoms with Gasteiger partial charge in [0.05, 0.1) is 0 Å². The van der Waals surface area contributed by atoms with Gasteiger partial charge in [0.1, 0.15) is 6.04 Å². The van der Waals surface area contributed by atoms with Gasteiger partial charge in [-0.25, -0.2) is 0 Å². The lowest BCUT2D eigenvalue weighted by Crippen LogP contribution is -2.45. The Morgan fingerprint density at radius 3 is 2.29 bits per heavy atom. The van der Waals surface area contributed by atoms with E-state index >= 15 is 0 Å². The van der Waals surface area contributed by atoms with Crippen LogP contribution < -0.4 is 5.73 Å². The van der Waals surface area contributed by atoms with Crippen LogP contribution in [0.25, 0.3) is 0 Å². The standard InChI is InChI=1S/C23H29N3OS/c24-15-20-16-26(17-21(20)18-7-3-1-4-8-18)23(27)22(19-9-5-2-6-10-19)25-11-13-28-14-12-25/h1-10,20-22H,11-17,24H2/t20-,21+,22?/m1/s1. The second-order valence-electron chi connectivity index (χ2n) is 7.72. The van der Waals surface area contributed by atoms with Gasteiger partial charge in [-0.3, -0.25) is 9.69 Å². The third-order valence-electron chi connectivity index (χ3n) is 6.04. The van der Waals surface area contributed by atoms with Gasteiger partial charge < -0.3 is 10.6 Å². The molecule has 0 radical (unpaired) electrons. The molecule has 5 heteroatoms. The lowest BCUT2D eigenvalue weighted by molar-refractivity contribution is -0.136. The zero-order chi connectivity index (χ0) is 19.3. The first-order chi connectivity index (χ1) is 13.8. The van der Waals surface area contributed by atoms with Crippen LogP contribution in [0.15, 0.2) is 60.7 Å². The van der Waals surface area contributed by atoms with Crippen molar-refractivity contribution in [1.82, 2.24) is 9.80 Å². The van der Waals surface area contributed by atoms with Crippen molar-refractivity contribution in [3.05, 3.63) is 71.8 Å². The van der Waals surface area contributed by atoms with Gasteiger partial charge >= 0.3 is 0 Å². The van der Waals surface area contributed by atoms with Crippen LogP contribution in [0.1, 0.15) is 23.1 Å². The molecule has 2 aromatic rings. The molecule has 4 rings (SSSR count). The van der Waals surface area contributed by atoms with Crippen molar-refractivity contribution in [2.24, 2.45) is 11.7 Å². The van der Waals surface area contributed by atoms with E-state index in [-0.39, 0.29) is 11.9 Å². The minimum Gasteiger partial charge on any atom is -0.340 e. The molecule has 2 aromatic carbocycles. The number of nitrogens with two attached hydrogens (primary N) is 1. The number of carbonyl (C=O) groups excluding carboxylic acids is 1. The average molecular weight is 396 g/mol. The molecule has 2 N–H and O–H groups in total. The Hall–Kier alpha value is -1.82. The van der Waals surface area contributed by atoms with Gasteiger partial charge in [-0.05, 0) is 23.6 Å². The summed E-state index contributed by atoms with van der Waals surface area (Å²) in [4.78, 5) is 18.1. The number of rotatable bonds is 5. The predicted octanol–water partition coefficient (Wildman–Crippen LogP) is 2.98. The van der Waals surface area contributed by atoms with Gasteiger partial charge in [-0.15, -0.1) is 0 Å². The van der Waals surface area contributed by atoms with Gasteiger partial charge in [0.2, 0.25) is 5.91 Å². The van der Waals surface area contributed by atoms with Crippen LogP contribution in [0.3, 0.4) is 0 Å². The third-order valence-corrected chi connectivity index (χ3v) is 6.99. The minimum atomic E-state index is -0.185. The highest BCUT2D eigenvalue weighted by Crippen LogP contribution is 2.35. The largest absolute Gasteiger partial charge is 0.340 e. The molecule has 2 aliphatic rings. The van der Waals surface area contributed by atoms with E-state index in [2.05, 4.69) is 46.2 Å². The summed E-state index contributed by atoms with van der Waals surface area (Å²) in [6, 6.07) is 20.6. The Balaban J connectivity index is 1.58. The fraction of sp³-hybridized carbons (Fsp3) is 0.435. The summed E-state index contributed by atoms with van der Waals surface area (Å²) in [7, 11) is 0. The lowest BCUT2D eigenvalue weighted by atomic mass is 9.89. The van der Waals surface area contributed by atoms with E-state index in [0.717, 1.165) is 43.2 Å². The highest BCUT2D eigenvalue weighted by Gasteiger charge is 2.39. The second kappa shape index (κ2) is 9.12. The average Bonchev–Trinajstić information content (AvgIpc) is 3.21. The number of amides is 1. The second-order valence-corrected chi connectivity index (χ2v) is 8.94. The Morgan fingerprint density at radius 2 is 1.64 bits per heavy atom. The first-order valence-electron chi connectivity index (χ1n) is 10.2. The Morgan fingerprint density at radius 1 is 1.00 bits per heavy atom. The van der Waals surface area contributed by atoms with Crippen LogP contribution >= 0.6 is 11.8 Å². The maximum absolute atomic E-state index is 13.7. The maximum Gasteiger partial charge on any atom is 0.244 e. The number of thioether (sulfide) groups is 1. The van der Waals surface area contributed by atoms with Gasteiger partial charge in [-0.2, -0.15) is 11.8 Å². The summed E-state index contributed by atoms with van der Waals surface area (Å²) in [5.41, 5.74) is 8.50. The Kier molecular flexibility index (Phi) is 6.35. The van der Waals surface area contributed by atoms with Crippen molar-refractivity contribution in [3.63, 3.8) is 0 Å². The summed E-state index contributed by atoms with van der Waals surface area (Å²) < 4.78 is 0.